The van der Waals surface area contributed by atoms with Crippen LogP contribution in [-0.4, -0.2) is 33.8 Å². The summed E-state index contributed by atoms with van der Waals surface area (Å²) in [6.07, 6.45) is 5.46. The Labute approximate surface area is 108 Å². The number of fused-ring (bicyclic) bond motifs is 1. The average Bonchev–Trinajstić information content (AvgIpc) is 2.34. The SMILES string of the molecule is CCC1(O)CN(c2nc(C)nc3c2CCCC3)C1. The van der Waals surface area contributed by atoms with Gasteiger partial charge in [-0.05, 0) is 39.0 Å². The third-order valence-electron chi connectivity index (χ3n) is 4.20. The first-order valence-corrected chi connectivity index (χ1v) is 6.95. The van der Waals surface area contributed by atoms with Crippen LogP contribution in [-0.2, 0) is 12.8 Å². The summed E-state index contributed by atoms with van der Waals surface area (Å²) < 4.78 is 0. The van der Waals surface area contributed by atoms with Gasteiger partial charge in [0.1, 0.15) is 11.6 Å². The molecule has 0 saturated carbocycles. The van der Waals surface area contributed by atoms with E-state index in [-0.39, 0.29) is 0 Å². The van der Waals surface area contributed by atoms with Crippen molar-refractivity contribution in [2.45, 2.75) is 51.6 Å². The molecule has 0 atom stereocenters. The van der Waals surface area contributed by atoms with Crippen molar-refractivity contribution in [3.05, 3.63) is 17.1 Å². The van der Waals surface area contributed by atoms with Crippen LogP contribution in [0, 0.1) is 6.92 Å². The van der Waals surface area contributed by atoms with Gasteiger partial charge in [-0.2, -0.15) is 0 Å². The van der Waals surface area contributed by atoms with Crippen molar-refractivity contribution < 1.29 is 5.11 Å². The molecule has 2 heterocycles. The van der Waals surface area contributed by atoms with E-state index in [4.69, 9.17) is 0 Å². The maximum atomic E-state index is 10.1. The highest BCUT2D eigenvalue weighted by Gasteiger charge is 2.41. The Bertz CT molecular complexity index is 466. The lowest BCUT2D eigenvalue weighted by atomic mass is 9.89. The van der Waals surface area contributed by atoms with Gasteiger partial charge in [-0.3, -0.25) is 0 Å². The van der Waals surface area contributed by atoms with E-state index in [0.29, 0.717) is 13.1 Å². The fourth-order valence-corrected chi connectivity index (χ4v) is 2.99. The average molecular weight is 247 g/mol. The van der Waals surface area contributed by atoms with Gasteiger partial charge in [-0.25, -0.2) is 9.97 Å². The summed E-state index contributed by atoms with van der Waals surface area (Å²) in [4.78, 5) is 11.4. The Morgan fingerprint density at radius 3 is 2.67 bits per heavy atom. The lowest BCUT2D eigenvalue weighted by Gasteiger charge is -2.47. The van der Waals surface area contributed by atoms with E-state index in [1.807, 2.05) is 13.8 Å². The monoisotopic (exact) mass is 247 g/mol. The van der Waals surface area contributed by atoms with Crippen LogP contribution >= 0.6 is 0 Å². The summed E-state index contributed by atoms with van der Waals surface area (Å²) in [6.45, 7) is 5.43. The third-order valence-corrected chi connectivity index (χ3v) is 4.20. The Balaban J connectivity index is 1.91. The Morgan fingerprint density at radius 1 is 1.22 bits per heavy atom. The molecule has 1 N–H and O–H groups in total. The van der Waals surface area contributed by atoms with Gasteiger partial charge in [0, 0.05) is 24.3 Å². The molecule has 0 spiro atoms. The number of rotatable bonds is 2. The van der Waals surface area contributed by atoms with Gasteiger partial charge >= 0.3 is 0 Å². The van der Waals surface area contributed by atoms with Crippen LogP contribution in [0.25, 0.3) is 0 Å². The van der Waals surface area contributed by atoms with E-state index < -0.39 is 5.60 Å². The lowest BCUT2D eigenvalue weighted by Crippen LogP contribution is -2.62. The summed E-state index contributed by atoms with van der Waals surface area (Å²) in [5, 5.41) is 10.1. The van der Waals surface area contributed by atoms with Crippen LogP contribution in [0.3, 0.4) is 0 Å². The molecule has 1 aromatic heterocycles. The number of β-amino-alcohol motifs (C(OH)–C–C–N with tert-alkyl or cyclic N) is 1. The maximum absolute atomic E-state index is 10.1. The van der Waals surface area contributed by atoms with Gasteiger partial charge in [0.2, 0.25) is 0 Å². The molecule has 98 valence electrons. The Morgan fingerprint density at radius 2 is 1.94 bits per heavy atom. The van der Waals surface area contributed by atoms with Gasteiger partial charge < -0.3 is 10.0 Å². The molecule has 0 unspecified atom stereocenters. The van der Waals surface area contributed by atoms with Crippen LogP contribution in [0.2, 0.25) is 0 Å². The fraction of sp³-hybridized carbons (Fsp3) is 0.714. The molecule has 0 radical (unpaired) electrons. The predicted molar refractivity (Wildman–Crippen MR) is 70.9 cm³/mol. The molecule has 0 aromatic carbocycles. The van der Waals surface area contributed by atoms with Crippen molar-refractivity contribution in [3.8, 4) is 0 Å². The van der Waals surface area contributed by atoms with Crippen LogP contribution < -0.4 is 4.90 Å². The number of aromatic nitrogens is 2. The number of hydrogen-bond donors (Lipinski definition) is 1. The zero-order valence-corrected chi connectivity index (χ0v) is 11.2. The van der Waals surface area contributed by atoms with Gasteiger partial charge in [0.15, 0.2) is 0 Å². The van der Waals surface area contributed by atoms with Crippen molar-refractivity contribution in [3.63, 3.8) is 0 Å². The summed E-state index contributed by atoms with van der Waals surface area (Å²) in [5.41, 5.74) is 2.06. The largest absolute Gasteiger partial charge is 0.386 e. The van der Waals surface area contributed by atoms with Crippen molar-refractivity contribution in [1.29, 1.82) is 0 Å². The molecule has 1 fully saturated rings. The first kappa shape index (κ1) is 11.9. The first-order chi connectivity index (χ1) is 8.61. The highest BCUT2D eigenvalue weighted by Crippen LogP contribution is 2.34. The van der Waals surface area contributed by atoms with Crippen LogP contribution in [0.5, 0.6) is 0 Å². The minimum Gasteiger partial charge on any atom is -0.386 e. The van der Waals surface area contributed by atoms with Gasteiger partial charge in [0.05, 0.1) is 5.60 Å². The van der Waals surface area contributed by atoms with Crippen molar-refractivity contribution >= 4 is 5.82 Å². The van der Waals surface area contributed by atoms with Gasteiger partial charge in [-0.1, -0.05) is 6.92 Å². The van der Waals surface area contributed by atoms with Gasteiger partial charge in [0.25, 0.3) is 0 Å². The van der Waals surface area contributed by atoms with E-state index >= 15 is 0 Å². The van der Waals surface area contributed by atoms with E-state index in [9.17, 15) is 5.11 Å². The molecule has 0 amide bonds. The van der Waals surface area contributed by atoms with E-state index in [0.717, 1.165) is 30.9 Å². The number of anilines is 1. The molecular formula is C14H21N3O. The zero-order valence-electron chi connectivity index (χ0n) is 11.2. The molecule has 1 aliphatic carbocycles. The van der Waals surface area contributed by atoms with E-state index in [2.05, 4.69) is 14.9 Å². The summed E-state index contributed by atoms with van der Waals surface area (Å²) in [7, 11) is 0. The smallest absolute Gasteiger partial charge is 0.135 e. The second kappa shape index (κ2) is 4.19. The van der Waals surface area contributed by atoms with Crippen molar-refractivity contribution in [2.75, 3.05) is 18.0 Å². The zero-order chi connectivity index (χ0) is 12.8. The number of aryl methyl sites for hydroxylation is 2. The highest BCUT2D eigenvalue weighted by atomic mass is 16.3. The standard InChI is InChI=1S/C14H21N3O/c1-3-14(18)8-17(9-14)13-11-6-4-5-7-12(11)15-10(2)16-13/h18H,3-9H2,1-2H3. The number of hydrogen-bond acceptors (Lipinski definition) is 4. The molecule has 1 aliphatic heterocycles. The lowest BCUT2D eigenvalue weighted by molar-refractivity contribution is 0.00790. The topological polar surface area (TPSA) is 49.2 Å². The van der Waals surface area contributed by atoms with Crippen LogP contribution in [0.1, 0.15) is 43.3 Å². The number of aliphatic hydroxyl groups is 1. The third kappa shape index (κ3) is 1.88. The van der Waals surface area contributed by atoms with E-state index in [1.54, 1.807) is 0 Å². The second-order valence-electron chi connectivity index (χ2n) is 5.66. The van der Waals surface area contributed by atoms with Gasteiger partial charge in [-0.15, -0.1) is 0 Å². The molecule has 3 rings (SSSR count). The molecule has 1 saturated heterocycles. The van der Waals surface area contributed by atoms with Crippen LogP contribution in [0.4, 0.5) is 5.82 Å². The minimum absolute atomic E-state index is 0.500. The second-order valence-corrected chi connectivity index (χ2v) is 5.66. The molecule has 0 bridgehead atoms. The predicted octanol–water partition coefficient (Wildman–Crippen LogP) is 1.62. The quantitative estimate of drug-likeness (QED) is 0.863. The molecular weight excluding hydrogens is 226 g/mol. The Kier molecular flexibility index (Phi) is 2.77. The molecule has 18 heavy (non-hydrogen) atoms. The molecule has 4 heteroatoms. The summed E-state index contributed by atoms with van der Waals surface area (Å²) in [5.74, 6) is 1.94. The van der Waals surface area contributed by atoms with E-state index in [1.165, 1.54) is 24.1 Å². The van der Waals surface area contributed by atoms with Crippen LogP contribution in [0.15, 0.2) is 0 Å². The molecule has 4 nitrogen and oxygen atoms in total. The fourth-order valence-electron chi connectivity index (χ4n) is 2.99. The highest BCUT2D eigenvalue weighted by molar-refractivity contribution is 5.53. The van der Waals surface area contributed by atoms with Crippen molar-refractivity contribution in [1.82, 2.24) is 9.97 Å². The normalized spacial score (nSPS) is 21.4. The number of nitrogens with zero attached hydrogens (tertiary/aromatic N) is 3. The Hall–Kier alpha value is -1.16. The maximum Gasteiger partial charge on any atom is 0.135 e. The summed E-state index contributed by atoms with van der Waals surface area (Å²) in [6, 6.07) is 0. The minimum atomic E-state index is -0.500. The summed E-state index contributed by atoms with van der Waals surface area (Å²) >= 11 is 0. The first-order valence-electron chi connectivity index (χ1n) is 6.95. The molecule has 1 aromatic rings. The molecule has 2 aliphatic rings. The van der Waals surface area contributed by atoms with Crippen molar-refractivity contribution in [2.24, 2.45) is 0 Å².